The summed E-state index contributed by atoms with van der Waals surface area (Å²) in [6, 6.07) is 7.40. The molecular weight excluding hydrogens is 422 g/mol. The third kappa shape index (κ3) is 4.27. The highest BCUT2D eigenvalue weighted by Gasteiger charge is 2.37. The van der Waals surface area contributed by atoms with Crippen LogP contribution >= 0.6 is 15.9 Å². The van der Waals surface area contributed by atoms with Crippen LogP contribution in [0.5, 0.6) is 0 Å². The fraction of sp³-hybridized carbons (Fsp3) is 0.529. The maximum atomic E-state index is 12.6. The number of para-hydroxylation sites is 1. The molecule has 2 fully saturated rings. The number of nitrogens with one attached hydrogen (secondary N) is 1. The first-order valence-corrected chi connectivity index (χ1v) is 11.2. The van der Waals surface area contributed by atoms with Crippen LogP contribution in [0.25, 0.3) is 0 Å². The third-order valence-corrected chi connectivity index (χ3v) is 6.88. The molecule has 142 valence electrons. The monoisotopic (exact) mass is 443 g/mol. The Kier molecular flexibility index (Phi) is 5.69. The molecule has 0 radical (unpaired) electrons. The van der Waals surface area contributed by atoms with E-state index in [1.165, 1.54) is 10.6 Å². The average Bonchev–Trinajstić information content (AvgIpc) is 2.97. The molecule has 1 aromatic rings. The molecule has 0 aromatic heterocycles. The topological polar surface area (TPSA) is 86.8 Å². The molecule has 3 rings (SSSR count). The number of piperidine rings is 1. The van der Waals surface area contributed by atoms with Crippen molar-refractivity contribution in [3.05, 3.63) is 28.7 Å². The molecule has 0 bridgehead atoms. The predicted octanol–water partition coefficient (Wildman–Crippen LogP) is 1.34. The summed E-state index contributed by atoms with van der Waals surface area (Å²) in [5, 5.41) is 2.99. The molecule has 0 saturated carbocycles. The third-order valence-electron chi connectivity index (χ3n) is 4.91. The molecule has 2 saturated heterocycles. The number of anilines is 1. The van der Waals surface area contributed by atoms with Gasteiger partial charge in [-0.15, -0.1) is 0 Å². The van der Waals surface area contributed by atoms with E-state index in [9.17, 15) is 18.0 Å². The number of hydrogen-bond acceptors (Lipinski definition) is 4. The molecule has 0 aliphatic carbocycles. The minimum atomic E-state index is -3.18. The van der Waals surface area contributed by atoms with Gasteiger partial charge in [0.25, 0.3) is 0 Å². The summed E-state index contributed by atoms with van der Waals surface area (Å²) in [5.41, 5.74) is 0.772. The van der Waals surface area contributed by atoms with Crippen LogP contribution in [0, 0.1) is 5.92 Å². The van der Waals surface area contributed by atoms with Crippen LogP contribution in [-0.4, -0.2) is 56.5 Å². The van der Waals surface area contributed by atoms with Crippen LogP contribution in [0.15, 0.2) is 28.7 Å². The highest BCUT2D eigenvalue weighted by molar-refractivity contribution is 9.10. The second-order valence-electron chi connectivity index (χ2n) is 6.80. The molecule has 1 aromatic carbocycles. The molecule has 0 spiro atoms. The van der Waals surface area contributed by atoms with Crippen LogP contribution < -0.4 is 10.2 Å². The van der Waals surface area contributed by atoms with Gasteiger partial charge in [-0.05, 0) is 40.9 Å². The van der Waals surface area contributed by atoms with Crippen molar-refractivity contribution in [3.63, 3.8) is 0 Å². The van der Waals surface area contributed by atoms with Gasteiger partial charge < -0.3 is 10.2 Å². The van der Waals surface area contributed by atoms with Crippen molar-refractivity contribution < 1.29 is 18.0 Å². The van der Waals surface area contributed by atoms with Crippen molar-refractivity contribution in [1.82, 2.24) is 9.62 Å². The van der Waals surface area contributed by atoms with E-state index >= 15 is 0 Å². The van der Waals surface area contributed by atoms with E-state index in [1.54, 1.807) is 4.90 Å². The van der Waals surface area contributed by atoms with E-state index in [2.05, 4.69) is 21.2 Å². The summed E-state index contributed by atoms with van der Waals surface area (Å²) < 4.78 is 25.4. The first-order valence-electron chi connectivity index (χ1n) is 8.56. The van der Waals surface area contributed by atoms with Gasteiger partial charge in [0, 0.05) is 36.6 Å². The van der Waals surface area contributed by atoms with Crippen molar-refractivity contribution in [3.8, 4) is 0 Å². The van der Waals surface area contributed by atoms with Crippen molar-refractivity contribution >= 4 is 43.5 Å². The zero-order valence-corrected chi connectivity index (χ0v) is 16.9. The minimum Gasteiger partial charge on any atom is -0.353 e. The number of halogens is 1. The average molecular weight is 444 g/mol. The first kappa shape index (κ1) is 19.3. The van der Waals surface area contributed by atoms with Crippen molar-refractivity contribution in [1.29, 1.82) is 0 Å². The lowest BCUT2D eigenvalue weighted by Gasteiger charge is -2.31. The lowest BCUT2D eigenvalue weighted by molar-refractivity contribution is -0.127. The van der Waals surface area contributed by atoms with E-state index in [0.29, 0.717) is 32.5 Å². The minimum absolute atomic E-state index is 0.0480. The largest absolute Gasteiger partial charge is 0.353 e. The normalized spacial score (nSPS) is 22.6. The molecule has 1 N–H and O–H groups in total. The molecule has 2 aliphatic heterocycles. The highest BCUT2D eigenvalue weighted by atomic mass is 79.9. The summed E-state index contributed by atoms with van der Waals surface area (Å²) in [6.07, 6.45) is 2.57. The quantitative estimate of drug-likeness (QED) is 0.760. The van der Waals surface area contributed by atoms with Gasteiger partial charge >= 0.3 is 0 Å². The zero-order valence-electron chi connectivity index (χ0n) is 14.5. The van der Waals surface area contributed by atoms with Crippen molar-refractivity contribution in [2.75, 3.05) is 30.8 Å². The number of amides is 2. The Morgan fingerprint density at radius 3 is 2.50 bits per heavy atom. The smallest absolute Gasteiger partial charge is 0.227 e. The second kappa shape index (κ2) is 7.66. The Balaban J connectivity index is 1.57. The van der Waals surface area contributed by atoms with E-state index in [0.717, 1.165) is 10.2 Å². The standard InChI is InChI=1S/C17H22BrN3O4S/c1-26(24,25)20-8-6-13(7-9-20)19-17(23)12-10-16(22)21(11-12)15-5-3-2-4-14(15)18/h2-5,12-13H,6-11H2,1H3,(H,19,23). The van der Waals surface area contributed by atoms with E-state index in [4.69, 9.17) is 0 Å². The number of hydrogen-bond donors (Lipinski definition) is 1. The van der Waals surface area contributed by atoms with E-state index in [-0.39, 0.29) is 30.2 Å². The van der Waals surface area contributed by atoms with Crippen LogP contribution in [0.1, 0.15) is 19.3 Å². The number of benzene rings is 1. The van der Waals surface area contributed by atoms with Gasteiger partial charge in [0.2, 0.25) is 21.8 Å². The van der Waals surface area contributed by atoms with Gasteiger partial charge in [-0.3, -0.25) is 9.59 Å². The number of carbonyl (C=O) groups excluding carboxylic acids is 2. The maximum absolute atomic E-state index is 12.6. The molecule has 9 heteroatoms. The molecule has 1 unspecified atom stereocenters. The Labute approximate surface area is 161 Å². The summed E-state index contributed by atoms with van der Waals surface area (Å²) in [7, 11) is -3.18. The van der Waals surface area contributed by atoms with Crippen molar-refractivity contribution in [2.24, 2.45) is 5.92 Å². The molecule has 7 nitrogen and oxygen atoms in total. The SMILES string of the molecule is CS(=O)(=O)N1CCC(NC(=O)C2CC(=O)N(c3ccccc3Br)C2)CC1. The van der Waals surface area contributed by atoms with Gasteiger partial charge in [0.05, 0.1) is 17.9 Å². The van der Waals surface area contributed by atoms with Gasteiger partial charge in [0.15, 0.2) is 0 Å². The van der Waals surface area contributed by atoms with Crippen LogP contribution in [0.4, 0.5) is 5.69 Å². The maximum Gasteiger partial charge on any atom is 0.227 e. The molecule has 2 heterocycles. The first-order chi connectivity index (χ1) is 12.3. The second-order valence-corrected chi connectivity index (χ2v) is 9.64. The van der Waals surface area contributed by atoms with Gasteiger partial charge in [-0.25, -0.2) is 12.7 Å². The molecule has 2 aliphatic rings. The Morgan fingerprint density at radius 1 is 1.23 bits per heavy atom. The summed E-state index contributed by atoms with van der Waals surface area (Å²) in [4.78, 5) is 26.5. The van der Waals surface area contributed by atoms with E-state index < -0.39 is 10.0 Å². The van der Waals surface area contributed by atoms with Crippen LogP contribution in [0.3, 0.4) is 0 Å². The van der Waals surface area contributed by atoms with Crippen molar-refractivity contribution in [2.45, 2.75) is 25.3 Å². The lowest BCUT2D eigenvalue weighted by atomic mass is 10.0. The van der Waals surface area contributed by atoms with Crippen LogP contribution in [-0.2, 0) is 19.6 Å². The number of sulfonamides is 1. The summed E-state index contributed by atoms with van der Waals surface area (Å²) >= 11 is 3.44. The Bertz CT molecular complexity index is 806. The van der Waals surface area contributed by atoms with E-state index in [1.807, 2.05) is 24.3 Å². The Hall–Kier alpha value is -1.45. The number of rotatable bonds is 4. The predicted molar refractivity (Wildman–Crippen MR) is 102 cm³/mol. The Morgan fingerprint density at radius 2 is 1.88 bits per heavy atom. The molecule has 1 atom stereocenters. The summed E-state index contributed by atoms with van der Waals surface area (Å²) in [5.74, 6) is -0.586. The molecule has 26 heavy (non-hydrogen) atoms. The van der Waals surface area contributed by atoms with Crippen LogP contribution in [0.2, 0.25) is 0 Å². The number of carbonyl (C=O) groups is 2. The van der Waals surface area contributed by atoms with Gasteiger partial charge in [-0.2, -0.15) is 0 Å². The van der Waals surface area contributed by atoms with Gasteiger partial charge in [0.1, 0.15) is 0 Å². The molecular formula is C17H22BrN3O4S. The fourth-order valence-electron chi connectivity index (χ4n) is 3.44. The summed E-state index contributed by atoms with van der Waals surface area (Å²) in [6.45, 7) is 1.18. The zero-order chi connectivity index (χ0) is 18.9. The molecule has 2 amide bonds. The number of nitrogens with zero attached hydrogens (tertiary/aromatic N) is 2. The highest BCUT2D eigenvalue weighted by Crippen LogP contribution is 2.31. The van der Waals surface area contributed by atoms with Gasteiger partial charge in [-0.1, -0.05) is 12.1 Å². The fourth-order valence-corrected chi connectivity index (χ4v) is 4.81. The lowest BCUT2D eigenvalue weighted by Crippen LogP contribution is -2.47.